The van der Waals surface area contributed by atoms with Crippen LogP contribution in [0.2, 0.25) is 5.02 Å². The van der Waals surface area contributed by atoms with Gasteiger partial charge < -0.3 is 20.2 Å². The van der Waals surface area contributed by atoms with E-state index in [1.54, 1.807) is 31.5 Å². The zero-order valence-electron chi connectivity index (χ0n) is 14.9. The molecule has 8 heteroatoms. The highest BCUT2D eigenvalue weighted by atomic mass is 127. The average Bonchev–Trinajstić information content (AvgIpc) is 3.10. The summed E-state index contributed by atoms with van der Waals surface area (Å²) in [7, 11) is 1.56. The van der Waals surface area contributed by atoms with E-state index in [4.69, 9.17) is 26.5 Å². The molecule has 2 aromatic carbocycles. The number of guanidine groups is 1. The van der Waals surface area contributed by atoms with Gasteiger partial charge in [0.05, 0.1) is 18.3 Å². The fourth-order valence-electron chi connectivity index (χ4n) is 2.32. The highest BCUT2D eigenvalue weighted by Crippen LogP contribution is 2.27. The highest BCUT2D eigenvalue weighted by Gasteiger charge is 2.07. The molecule has 0 spiro atoms. The maximum Gasteiger partial charge on any atom is 0.216 e. The third-order valence-corrected chi connectivity index (χ3v) is 3.99. The second-order valence-corrected chi connectivity index (χ2v) is 6.07. The normalized spacial score (nSPS) is 11.0. The van der Waals surface area contributed by atoms with Crippen molar-refractivity contribution in [1.82, 2.24) is 4.98 Å². The number of aromatic nitrogens is 1. The topological polar surface area (TPSA) is 85.7 Å². The van der Waals surface area contributed by atoms with Crippen LogP contribution >= 0.6 is 35.6 Å². The number of methoxy groups -OCH3 is 1. The summed E-state index contributed by atoms with van der Waals surface area (Å²) in [5.74, 6) is 2.01. The van der Waals surface area contributed by atoms with Crippen LogP contribution in [0.25, 0.3) is 11.3 Å². The lowest BCUT2D eigenvalue weighted by molar-refractivity contribution is 0.415. The van der Waals surface area contributed by atoms with Crippen molar-refractivity contribution in [3.05, 3.63) is 65.1 Å². The van der Waals surface area contributed by atoms with Crippen molar-refractivity contribution < 1.29 is 9.15 Å². The van der Waals surface area contributed by atoms with Crippen LogP contribution < -0.4 is 15.8 Å². The minimum absolute atomic E-state index is 0. The number of nitrogens with two attached hydrogens (primary N) is 1. The Kier molecular flexibility index (Phi) is 7.49. The van der Waals surface area contributed by atoms with Crippen molar-refractivity contribution in [3.8, 4) is 17.1 Å². The molecule has 0 aliphatic carbocycles. The Balaban J connectivity index is 0.00000261. The molecule has 0 radical (unpaired) electrons. The number of oxazole rings is 1. The minimum atomic E-state index is 0. The second-order valence-electron chi connectivity index (χ2n) is 5.66. The largest absolute Gasteiger partial charge is 0.495 e. The molecule has 0 saturated carbocycles. The number of hydrogen-bond donors (Lipinski definition) is 2. The van der Waals surface area contributed by atoms with Crippen molar-refractivity contribution >= 4 is 47.2 Å². The smallest absolute Gasteiger partial charge is 0.216 e. The van der Waals surface area contributed by atoms with Gasteiger partial charge in [-0.1, -0.05) is 41.4 Å². The van der Waals surface area contributed by atoms with Gasteiger partial charge in [-0.25, -0.2) is 9.98 Å². The maximum absolute atomic E-state index is 6.09. The van der Waals surface area contributed by atoms with E-state index in [0.717, 1.165) is 5.56 Å². The van der Waals surface area contributed by atoms with Crippen LogP contribution in [0.3, 0.4) is 0 Å². The molecule has 3 rings (SSSR count). The van der Waals surface area contributed by atoms with Gasteiger partial charge in [-0.3, -0.25) is 0 Å². The van der Waals surface area contributed by atoms with Gasteiger partial charge in [0.15, 0.2) is 11.7 Å². The fourth-order valence-corrected chi connectivity index (χ4v) is 2.58. The van der Waals surface area contributed by atoms with Gasteiger partial charge in [-0.15, -0.1) is 24.0 Å². The SMILES string of the molecule is COc1ccc(NC(N)=NCc2ncc(-c3ccc(C)cc3)o2)cc1Cl.I. The molecule has 3 aromatic rings. The Bertz CT molecular complexity index is 926. The van der Waals surface area contributed by atoms with Crippen molar-refractivity contribution in [2.45, 2.75) is 13.5 Å². The molecule has 3 N–H and O–H groups in total. The zero-order valence-corrected chi connectivity index (χ0v) is 18.0. The summed E-state index contributed by atoms with van der Waals surface area (Å²) in [5, 5.41) is 3.45. The van der Waals surface area contributed by atoms with E-state index in [9.17, 15) is 0 Å². The van der Waals surface area contributed by atoms with Crippen molar-refractivity contribution in [2.75, 3.05) is 12.4 Å². The Morgan fingerprint density at radius 1 is 1.26 bits per heavy atom. The molecule has 1 heterocycles. The number of halogens is 2. The van der Waals surface area contributed by atoms with E-state index >= 15 is 0 Å². The number of ether oxygens (including phenoxy) is 1. The van der Waals surface area contributed by atoms with Crippen LogP contribution in [-0.2, 0) is 6.54 Å². The molecule has 0 aliphatic rings. The molecule has 1 aromatic heterocycles. The van der Waals surface area contributed by atoms with E-state index in [0.29, 0.717) is 28.1 Å². The van der Waals surface area contributed by atoms with Crippen LogP contribution in [0.5, 0.6) is 5.75 Å². The lowest BCUT2D eigenvalue weighted by Crippen LogP contribution is -2.22. The van der Waals surface area contributed by atoms with E-state index in [1.807, 2.05) is 31.2 Å². The zero-order chi connectivity index (χ0) is 18.5. The van der Waals surface area contributed by atoms with Gasteiger partial charge in [-0.2, -0.15) is 0 Å². The summed E-state index contributed by atoms with van der Waals surface area (Å²) in [6.45, 7) is 2.27. The molecular weight excluding hydrogens is 479 g/mol. The molecule has 0 saturated heterocycles. The third-order valence-electron chi connectivity index (χ3n) is 3.70. The van der Waals surface area contributed by atoms with Crippen molar-refractivity contribution in [2.24, 2.45) is 10.7 Å². The fraction of sp³-hybridized carbons (Fsp3) is 0.158. The molecule has 0 amide bonds. The minimum Gasteiger partial charge on any atom is -0.495 e. The molecule has 142 valence electrons. The Morgan fingerprint density at radius 3 is 2.67 bits per heavy atom. The highest BCUT2D eigenvalue weighted by molar-refractivity contribution is 14.0. The Morgan fingerprint density at radius 2 is 2.00 bits per heavy atom. The summed E-state index contributed by atoms with van der Waals surface area (Å²) in [6.07, 6.45) is 1.68. The number of aryl methyl sites for hydroxylation is 1. The number of nitrogens with one attached hydrogen (secondary N) is 1. The summed E-state index contributed by atoms with van der Waals surface area (Å²) in [6, 6.07) is 13.3. The number of benzene rings is 2. The van der Waals surface area contributed by atoms with Crippen LogP contribution in [-0.4, -0.2) is 18.1 Å². The van der Waals surface area contributed by atoms with Gasteiger partial charge in [0.1, 0.15) is 12.3 Å². The number of aliphatic imine (C=N–C) groups is 1. The predicted octanol–water partition coefficient (Wildman–Crippen LogP) is 4.86. The van der Waals surface area contributed by atoms with E-state index in [-0.39, 0.29) is 36.5 Å². The molecule has 0 atom stereocenters. The molecule has 0 fully saturated rings. The Labute approximate surface area is 179 Å². The second kappa shape index (κ2) is 9.61. The summed E-state index contributed by atoms with van der Waals surface area (Å²) >= 11 is 6.09. The standard InChI is InChI=1S/C19H19ClN4O2.HI/c1-12-3-5-13(6-4-12)17-10-22-18(26-17)11-23-19(21)24-14-7-8-16(25-2)15(20)9-14;/h3-10H,11H2,1-2H3,(H3,21,23,24);1H. The van der Waals surface area contributed by atoms with Crippen LogP contribution in [0.4, 0.5) is 5.69 Å². The van der Waals surface area contributed by atoms with Gasteiger partial charge >= 0.3 is 0 Å². The van der Waals surface area contributed by atoms with Gasteiger partial charge in [0, 0.05) is 11.3 Å². The van der Waals surface area contributed by atoms with E-state index in [1.165, 1.54) is 5.56 Å². The number of rotatable bonds is 5. The first-order chi connectivity index (χ1) is 12.5. The summed E-state index contributed by atoms with van der Waals surface area (Å²) in [5.41, 5.74) is 8.78. The number of hydrogen-bond acceptors (Lipinski definition) is 4. The van der Waals surface area contributed by atoms with E-state index in [2.05, 4.69) is 15.3 Å². The lowest BCUT2D eigenvalue weighted by atomic mass is 10.1. The van der Waals surface area contributed by atoms with E-state index < -0.39 is 0 Å². The summed E-state index contributed by atoms with van der Waals surface area (Å²) < 4.78 is 10.8. The van der Waals surface area contributed by atoms with Gasteiger partial charge in [0.2, 0.25) is 5.89 Å². The van der Waals surface area contributed by atoms with Gasteiger partial charge in [-0.05, 0) is 25.1 Å². The predicted molar refractivity (Wildman–Crippen MR) is 119 cm³/mol. The number of anilines is 1. The quantitative estimate of drug-likeness (QED) is 0.298. The van der Waals surface area contributed by atoms with Crippen LogP contribution in [0.15, 0.2) is 58.1 Å². The molecule has 27 heavy (non-hydrogen) atoms. The molecule has 0 aliphatic heterocycles. The van der Waals surface area contributed by atoms with Crippen molar-refractivity contribution in [3.63, 3.8) is 0 Å². The molecule has 0 bridgehead atoms. The first-order valence-corrected chi connectivity index (χ1v) is 8.35. The first kappa shape index (κ1) is 21.0. The lowest BCUT2D eigenvalue weighted by Gasteiger charge is -2.08. The maximum atomic E-state index is 6.09. The van der Waals surface area contributed by atoms with Crippen molar-refractivity contribution in [1.29, 1.82) is 0 Å². The van der Waals surface area contributed by atoms with Crippen LogP contribution in [0.1, 0.15) is 11.5 Å². The third kappa shape index (κ3) is 5.61. The Hall–Kier alpha value is -2.26. The number of nitrogens with zero attached hydrogens (tertiary/aromatic N) is 2. The molecule has 0 unspecified atom stereocenters. The monoisotopic (exact) mass is 498 g/mol. The molecule has 6 nitrogen and oxygen atoms in total. The summed E-state index contributed by atoms with van der Waals surface area (Å²) in [4.78, 5) is 8.47. The van der Waals surface area contributed by atoms with Gasteiger partial charge in [0.25, 0.3) is 0 Å². The van der Waals surface area contributed by atoms with Crippen LogP contribution in [0, 0.1) is 6.92 Å². The molecular formula is C19H20ClIN4O2. The average molecular weight is 499 g/mol. The first-order valence-electron chi connectivity index (χ1n) is 7.97.